The van der Waals surface area contributed by atoms with Crippen molar-refractivity contribution in [2.45, 2.75) is 19.4 Å². The summed E-state index contributed by atoms with van der Waals surface area (Å²) in [7, 11) is 1.64. The maximum Gasteiger partial charge on any atom is 0.256 e. The van der Waals surface area contributed by atoms with Gasteiger partial charge >= 0.3 is 0 Å². The van der Waals surface area contributed by atoms with Gasteiger partial charge < -0.3 is 9.80 Å². The molecule has 1 saturated heterocycles. The highest BCUT2D eigenvalue weighted by molar-refractivity contribution is 5.94. The van der Waals surface area contributed by atoms with Crippen LogP contribution < -0.4 is 0 Å². The first-order valence-electron chi connectivity index (χ1n) is 7.75. The third-order valence-corrected chi connectivity index (χ3v) is 4.46. The van der Waals surface area contributed by atoms with Crippen molar-refractivity contribution in [1.82, 2.24) is 20.0 Å². The maximum absolute atomic E-state index is 13.7. The third kappa shape index (κ3) is 3.02. The molecule has 1 aliphatic heterocycles. The first-order chi connectivity index (χ1) is 11.5. The van der Waals surface area contributed by atoms with E-state index in [0.29, 0.717) is 19.5 Å². The van der Waals surface area contributed by atoms with Crippen molar-refractivity contribution in [2.75, 3.05) is 20.1 Å². The minimum Gasteiger partial charge on any atom is -0.338 e. The number of aromatic amines is 1. The minimum atomic E-state index is -0.531. The number of amides is 2. The second-order valence-electron chi connectivity index (χ2n) is 6.05. The van der Waals surface area contributed by atoms with Gasteiger partial charge in [0.15, 0.2) is 0 Å². The maximum atomic E-state index is 13.7. The Morgan fingerprint density at radius 1 is 1.38 bits per heavy atom. The van der Waals surface area contributed by atoms with E-state index in [2.05, 4.69) is 10.2 Å². The summed E-state index contributed by atoms with van der Waals surface area (Å²) < 4.78 is 13.7. The SMILES string of the molecule is Cc1[nH]ncc1CC(=O)N1CC(N(C)C(=O)c2ccccc2F)C1. The Hall–Kier alpha value is -2.70. The molecule has 0 unspecified atom stereocenters. The molecule has 1 aromatic carbocycles. The second kappa shape index (κ2) is 6.43. The van der Waals surface area contributed by atoms with Crippen molar-refractivity contribution < 1.29 is 14.0 Å². The van der Waals surface area contributed by atoms with Crippen molar-refractivity contribution in [3.8, 4) is 0 Å². The number of likely N-dealkylation sites (tertiary alicyclic amines) is 1. The second-order valence-corrected chi connectivity index (χ2v) is 6.05. The standard InChI is InChI=1S/C17H19FN4O2/c1-11-12(8-19-20-11)7-16(23)22-9-13(10-22)21(2)17(24)14-5-3-4-6-15(14)18/h3-6,8,13H,7,9-10H2,1-2H3,(H,19,20). The van der Waals surface area contributed by atoms with E-state index >= 15 is 0 Å². The molecule has 0 atom stereocenters. The summed E-state index contributed by atoms with van der Waals surface area (Å²) in [5.41, 5.74) is 1.81. The Morgan fingerprint density at radius 3 is 2.71 bits per heavy atom. The quantitative estimate of drug-likeness (QED) is 0.921. The summed E-state index contributed by atoms with van der Waals surface area (Å²) in [6.45, 7) is 2.80. The van der Waals surface area contributed by atoms with Gasteiger partial charge in [-0.3, -0.25) is 14.7 Å². The van der Waals surface area contributed by atoms with Gasteiger partial charge in [0.1, 0.15) is 5.82 Å². The molecule has 1 aromatic heterocycles. The lowest BCUT2D eigenvalue weighted by Crippen LogP contribution is -2.61. The number of carbonyl (C=O) groups excluding carboxylic acids is 2. The number of carbonyl (C=O) groups is 2. The number of nitrogens with one attached hydrogen (secondary N) is 1. The van der Waals surface area contributed by atoms with Gasteiger partial charge in [-0.2, -0.15) is 5.10 Å². The first kappa shape index (κ1) is 16.2. The number of aromatic nitrogens is 2. The van der Waals surface area contributed by atoms with Gasteiger partial charge in [0, 0.05) is 31.4 Å². The number of rotatable bonds is 4. The van der Waals surface area contributed by atoms with E-state index in [1.165, 1.54) is 17.0 Å². The summed E-state index contributed by atoms with van der Waals surface area (Å²) in [6.07, 6.45) is 1.94. The molecule has 126 valence electrons. The summed E-state index contributed by atoms with van der Waals surface area (Å²) >= 11 is 0. The Balaban J connectivity index is 1.56. The van der Waals surface area contributed by atoms with Crippen LogP contribution in [-0.2, 0) is 11.2 Å². The fourth-order valence-corrected chi connectivity index (χ4v) is 2.72. The van der Waals surface area contributed by atoms with Crippen LogP contribution in [0.2, 0.25) is 0 Å². The zero-order valence-electron chi connectivity index (χ0n) is 13.6. The van der Waals surface area contributed by atoms with Crippen molar-refractivity contribution in [1.29, 1.82) is 0 Å². The summed E-state index contributed by atoms with van der Waals surface area (Å²) in [5.74, 6) is -0.893. The van der Waals surface area contributed by atoms with E-state index in [9.17, 15) is 14.0 Å². The number of nitrogens with zero attached hydrogens (tertiary/aromatic N) is 3. The number of likely N-dealkylation sites (N-methyl/N-ethyl adjacent to an activating group) is 1. The molecule has 0 aliphatic carbocycles. The van der Waals surface area contributed by atoms with Crippen molar-refractivity contribution >= 4 is 11.8 Å². The molecule has 1 aliphatic rings. The van der Waals surface area contributed by atoms with E-state index in [0.717, 1.165) is 11.3 Å². The van der Waals surface area contributed by atoms with E-state index < -0.39 is 5.82 Å². The largest absolute Gasteiger partial charge is 0.338 e. The summed E-state index contributed by atoms with van der Waals surface area (Å²) in [4.78, 5) is 27.8. The lowest BCUT2D eigenvalue weighted by molar-refractivity contribution is -0.136. The average molecular weight is 330 g/mol. The molecule has 2 aromatic rings. The highest BCUT2D eigenvalue weighted by Crippen LogP contribution is 2.19. The minimum absolute atomic E-state index is 0.00231. The fraction of sp³-hybridized carbons (Fsp3) is 0.353. The average Bonchev–Trinajstić information content (AvgIpc) is 2.90. The smallest absolute Gasteiger partial charge is 0.256 e. The van der Waals surface area contributed by atoms with Crippen LogP contribution in [0.1, 0.15) is 21.6 Å². The predicted molar refractivity (Wildman–Crippen MR) is 85.9 cm³/mol. The number of benzene rings is 1. The fourth-order valence-electron chi connectivity index (χ4n) is 2.72. The van der Waals surface area contributed by atoms with Crippen molar-refractivity contribution in [2.24, 2.45) is 0 Å². The van der Waals surface area contributed by atoms with Crippen LogP contribution in [-0.4, -0.2) is 58.0 Å². The Labute approximate surface area is 139 Å². The molecule has 7 heteroatoms. The topological polar surface area (TPSA) is 69.3 Å². The first-order valence-corrected chi connectivity index (χ1v) is 7.75. The Bertz CT molecular complexity index is 767. The number of hydrogen-bond donors (Lipinski definition) is 1. The van der Waals surface area contributed by atoms with E-state index in [-0.39, 0.29) is 23.4 Å². The number of aryl methyl sites for hydroxylation is 1. The number of H-pyrrole nitrogens is 1. The highest BCUT2D eigenvalue weighted by atomic mass is 19.1. The van der Waals surface area contributed by atoms with Gasteiger partial charge in [-0.1, -0.05) is 12.1 Å². The molecule has 1 N–H and O–H groups in total. The lowest BCUT2D eigenvalue weighted by atomic mass is 10.0. The van der Waals surface area contributed by atoms with Crippen LogP contribution in [0.5, 0.6) is 0 Å². The Morgan fingerprint density at radius 2 is 2.08 bits per heavy atom. The molecular weight excluding hydrogens is 311 g/mol. The third-order valence-electron chi connectivity index (χ3n) is 4.46. The number of halogens is 1. The molecule has 0 radical (unpaired) electrons. The molecule has 0 saturated carbocycles. The zero-order chi connectivity index (χ0) is 17.3. The molecule has 2 heterocycles. The van der Waals surface area contributed by atoms with E-state index in [1.807, 2.05) is 6.92 Å². The lowest BCUT2D eigenvalue weighted by Gasteiger charge is -2.44. The molecule has 1 fully saturated rings. The monoisotopic (exact) mass is 330 g/mol. The van der Waals surface area contributed by atoms with Gasteiger partial charge in [-0.15, -0.1) is 0 Å². The zero-order valence-corrected chi connectivity index (χ0v) is 13.6. The normalized spacial score (nSPS) is 14.4. The van der Waals surface area contributed by atoms with Gasteiger partial charge in [0.2, 0.25) is 5.91 Å². The molecule has 0 spiro atoms. The molecule has 0 bridgehead atoms. The number of hydrogen-bond acceptors (Lipinski definition) is 3. The Kier molecular flexibility index (Phi) is 4.33. The molecule has 2 amide bonds. The highest BCUT2D eigenvalue weighted by Gasteiger charge is 2.36. The summed E-state index contributed by atoms with van der Waals surface area (Å²) in [6, 6.07) is 5.83. The van der Waals surface area contributed by atoms with Crippen molar-refractivity contribution in [3.63, 3.8) is 0 Å². The molecular formula is C17H19FN4O2. The molecule has 3 rings (SSSR count). The molecule has 24 heavy (non-hydrogen) atoms. The van der Waals surface area contributed by atoms with E-state index in [4.69, 9.17) is 0 Å². The van der Waals surface area contributed by atoms with Gasteiger partial charge in [-0.25, -0.2) is 4.39 Å². The van der Waals surface area contributed by atoms with Gasteiger partial charge in [-0.05, 0) is 19.1 Å². The van der Waals surface area contributed by atoms with Crippen LogP contribution in [0.25, 0.3) is 0 Å². The van der Waals surface area contributed by atoms with Gasteiger partial charge in [0.05, 0.1) is 24.2 Å². The predicted octanol–water partition coefficient (Wildman–Crippen LogP) is 1.38. The summed E-state index contributed by atoms with van der Waals surface area (Å²) in [5, 5.41) is 6.71. The van der Waals surface area contributed by atoms with Crippen molar-refractivity contribution in [3.05, 3.63) is 53.1 Å². The molecule has 6 nitrogen and oxygen atoms in total. The van der Waals surface area contributed by atoms with Crippen LogP contribution in [0.3, 0.4) is 0 Å². The van der Waals surface area contributed by atoms with E-state index in [1.54, 1.807) is 30.3 Å². The van der Waals surface area contributed by atoms with Gasteiger partial charge in [0.25, 0.3) is 5.91 Å². The van der Waals surface area contributed by atoms with Crippen LogP contribution in [0.15, 0.2) is 30.5 Å². The van der Waals surface area contributed by atoms with Crippen LogP contribution in [0.4, 0.5) is 4.39 Å². The van der Waals surface area contributed by atoms with Crippen LogP contribution in [0, 0.1) is 12.7 Å². The van der Waals surface area contributed by atoms with Crippen LogP contribution >= 0.6 is 0 Å².